The highest BCUT2D eigenvalue weighted by atomic mass is 28.4. The predicted octanol–water partition coefficient (Wildman–Crippen LogP) is 1.88. The van der Waals surface area contributed by atoms with Crippen molar-refractivity contribution >= 4 is 29.4 Å². The molecule has 0 unspecified atom stereocenters. The molecule has 0 aromatic heterocycles. The Bertz CT molecular complexity index is 676. The maximum absolute atomic E-state index is 5.78. The molecule has 0 fully saturated rings. The molecule has 0 aliphatic heterocycles. The molecule has 130 valence electrons. The van der Waals surface area contributed by atoms with E-state index in [1.807, 2.05) is 66.7 Å². The Morgan fingerprint density at radius 3 is 1.24 bits per heavy atom. The van der Waals surface area contributed by atoms with E-state index in [1.54, 1.807) is 14.2 Å². The summed E-state index contributed by atoms with van der Waals surface area (Å²) in [5, 5.41) is 2.24. The average Bonchev–Trinajstić information content (AvgIpc) is 2.72. The first-order valence-corrected chi connectivity index (χ1v) is 10.7. The summed E-state index contributed by atoms with van der Waals surface area (Å²) in [6.45, 7) is 0. The molecule has 0 saturated heterocycles. The molecule has 0 aliphatic carbocycles. The molecule has 0 amide bonds. The van der Waals surface area contributed by atoms with Crippen LogP contribution in [0.2, 0.25) is 0 Å². The summed E-state index contributed by atoms with van der Waals surface area (Å²) in [5.41, 5.74) is 0. The van der Waals surface area contributed by atoms with E-state index < -0.39 is 8.56 Å². The van der Waals surface area contributed by atoms with Gasteiger partial charge in [0.25, 0.3) is 0 Å². The van der Waals surface area contributed by atoms with Crippen molar-refractivity contribution in [1.29, 1.82) is 0 Å². The van der Waals surface area contributed by atoms with Gasteiger partial charge in [-0.25, -0.2) is 0 Å². The van der Waals surface area contributed by atoms with Gasteiger partial charge in [-0.3, -0.25) is 0 Å². The Kier molecular flexibility index (Phi) is 7.62. The maximum atomic E-state index is 5.78. The third-order valence-electron chi connectivity index (χ3n) is 3.86. The Labute approximate surface area is 154 Å². The molecule has 5 heteroatoms. The zero-order valence-corrected chi connectivity index (χ0v) is 17.9. The third-order valence-corrected chi connectivity index (χ3v) is 7.67. The Morgan fingerprint density at radius 2 is 0.960 bits per heavy atom. The molecule has 0 saturated carbocycles. The van der Waals surface area contributed by atoms with E-state index >= 15 is 0 Å². The van der Waals surface area contributed by atoms with Crippen molar-refractivity contribution in [3.8, 4) is 5.75 Å². The van der Waals surface area contributed by atoms with Gasteiger partial charge in [-0.2, -0.15) is 0 Å². The van der Waals surface area contributed by atoms with Crippen molar-refractivity contribution in [1.82, 2.24) is 0 Å². The van der Waals surface area contributed by atoms with Gasteiger partial charge < -0.3 is 13.3 Å². The smallest absolute Gasteiger partial charge is 0.406 e. The summed E-state index contributed by atoms with van der Waals surface area (Å²) in [7, 11) is 1.72. The fourth-order valence-electron chi connectivity index (χ4n) is 2.59. The second-order valence-electron chi connectivity index (χ2n) is 5.27. The van der Waals surface area contributed by atoms with Crippen LogP contribution in [0, 0.1) is 0 Å². The first-order valence-electron chi connectivity index (χ1n) is 8.07. The van der Waals surface area contributed by atoms with E-state index in [4.69, 9.17) is 13.3 Å². The van der Waals surface area contributed by atoms with E-state index in [0.717, 1.165) is 26.6 Å². The second kappa shape index (κ2) is 9.95. The lowest BCUT2D eigenvalue weighted by Crippen LogP contribution is -2.62. The van der Waals surface area contributed by atoms with Gasteiger partial charge in [0.15, 0.2) is 0 Å². The summed E-state index contributed by atoms with van der Waals surface area (Å²) in [6.07, 6.45) is 0. The molecular formula is C20H24O3Si2. The maximum Gasteiger partial charge on any atom is 0.406 e. The van der Waals surface area contributed by atoms with Crippen LogP contribution in [-0.2, 0) is 8.85 Å². The zero-order valence-electron chi connectivity index (χ0n) is 14.9. The van der Waals surface area contributed by atoms with Gasteiger partial charge in [0, 0.05) is 14.2 Å². The molecule has 0 aliphatic rings. The fourth-order valence-corrected chi connectivity index (χ4v) is 5.57. The number of para-hydroxylation sites is 1. The number of benzene rings is 3. The van der Waals surface area contributed by atoms with E-state index in [0.29, 0.717) is 0 Å². The van der Waals surface area contributed by atoms with Crippen molar-refractivity contribution in [2.75, 3.05) is 14.2 Å². The number of hydrogen-bond donors (Lipinski definition) is 0. The highest BCUT2D eigenvalue weighted by Gasteiger charge is 2.40. The van der Waals surface area contributed by atoms with Crippen molar-refractivity contribution < 1.29 is 13.3 Å². The van der Waals surface area contributed by atoms with Crippen LogP contribution in [0.3, 0.4) is 0 Å². The standard InChI is InChI=1S/C14H16O2Si.C6H8OSi/c1-15-17(16-2,13-9-5-3-6-10-13)14-11-7-4-8-12-14;8-7-6-4-2-1-3-5-6/h3-12H,1-2H3;1-5H,8H3. The molecule has 3 aromatic carbocycles. The van der Waals surface area contributed by atoms with Crippen molar-refractivity contribution in [3.05, 3.63) is 91.0 Å². The van der Waals surface area contributed by atoms with Crippen LogP contribution in [0.5, 0.6) is 5.75 Å². The lowest BCUT2D eigenvalue weighted by atomic mass is 10.3. The van der Waals surface area contributed by atoms with Gasteiger partial charge in [0.2, 0.25) is 10.5 Å². The summed E-state index contributed by atoms with van der Waals surface area (Å²) < 4.78 is 16.6. The van der Waals surface area contributed by atoms with Gasteiger partial charge in [-0.1, -0.05) is 78.9 Å². The molecule has 0 heterocycles. The van der Waals surface area contributed by atoms with Crippen LogP contribution in [0.15, 0.2) is 91.0 Å². The van der Waals surface area contributed by atoms with Gasteiger partial charge in [-0.05, 0) is 22.5 Å². The molecule has 0 N–H and O–H groups in total. The van der Waals surface area contributed by atoms with Crippen LogP contribution in [-0.4, -0.2) is 33.3 Å². The highest BCUT2D eigenvalue weighted by Crippen LogP contribution is 2.07. The van der Waals surface area contributed by atoms with Crippen molar-refractivity contribution in [2.24, 2.45) is 0 Å². The van der Waals surface area contributed by atoms with Crippen molar-refractivity contribution in [2.45, 2.75) is 0 Å². The quantitative estimate of drug-likeness (QED) is 0.644. The second-order valence-corrected chi connectivity index (χ2v) is 8.89. The lowest BCUT2D eigenvalue weighted by molar-refractivity contribution is 0.272. The Balaban J connectivity index is 0.000000236. The van der Waals surface area contributed by atoms with Gasteiger partial charge in [0.1, 0.15) is 5.75 Å². The number of rotatable bonds is 5. The van der Waals surface area contributed by atoms with Crippen LogP contribution >= 0.6 is 0 Å². The first kappa shape index (κ1) is 19.1. The Hall–Kier alpha value is -2.19. The highest BCUT2D eigenvalue weighted by molar-refractivity contribution is 6.92. The minimum absolute atomic E-state index is 0.777. The van der Waals surface area contributed by atoms with Crippen LogP contribution in [0.4, 0.5) is 0 Å². The lowest BCUT2D eigenvalue weighted by Gasteiger charge is -2.27. The summed E-state index contributed by atoms with van der Waals surface area (Å²) >= 11 is 0. The third kappa shape index (κ3) is 4.90. The summed E-state index contributed by atoms with van der Waals surface area (Å²) in [5.74, 6) is 0.971. The molecule has 0 atom stereocenters. The molecule has 3 rings (SSSR count). The number of hydrogen-bond acceptors (Lipinski definition) is 3. The summed E-state index contributed by atoms with van der Waals surface area (Å²) in [6, 6.07) is 30.1. The average molecular weight is 369 g/mol. The van der Waals surface area contributed by atoms with Crippen LogP contribution < -0.4 is 14.8 Å². The van der Waals surface area contributed by atoms with E-state index in [1.165, 1.54) is 0 Å². The monoisotopic (exact) mass is 368 g/mol. The zero-order chi connectivity index (χ0) is 18.0. The predicted molar refractivity (Wildman–Crippen MR) is 109 cm³/mol. The molecule has 25 heavy (non-hydrogen) atoms. The summed E-state index contributed by atoms with van der Waals surface area (Å²) in [4.78, 5) is 0. The molecular weight excluding hydrogens is 344 g/mol. The normalized spacial score (nSPS) is 10.6. The molecule has 0 bridgehead atoms. The fraction of sp³-hybridized carbons (Fsp3) is 0.100. The molecule has 3 nitrogen and oxygen atoms in total. The molecule has 3 aromatic rings. The molecule has 0 spiro atoms. The van der Waals surface area contributed by atoms with E-state index in [2.05, 4.69) is 24.3 Å². The first-order chi connectivity index (χ1) is 12.3. The largest absolute Gasteiger partial charge is 0.553 e. The van der Waals surface area contributed by atoms with Crippen LogP contribution in [0.1, 0.15) is 0 Å². The van der Waals surface area contributed by atoms with Crippen LogP contribution in [0.25, 0.3) is 0 Å². The SMILES string of the molecule is CO[Si](OC)(c1ccccc1)c1ccccc1.[SiH3]Oc1ccccc1. The topological polar surface area (TPSA) is 27.7 Å². The van der Waals surface area contributed by atoms with E-state index in [9.17, 15) is 0 Å². The Morgan fingerprint density at radius 1 is 0.600 bits per heavy atom. The van der Waals surface area contributed by atoms with Gasteiger partial charge in [0.05, 0.1) is 0 Å². The minimum Gasteiger partial charge on any atom is -0.553 e. The van der Waals surface area contributed by atoms with Crippen molar-refractivity contribution in [3.63, 3.8) is 0 Å². The minimum atomic E-state index is -2.50. The molecule has 0 radical (unpaired) electrons. The van der Waals surface area contributed by atoms with Gasteiger partial charge in [-0.15, -0.1) is 0 Å². The van der Waals surface area contributed by atoms with E-state index in [-0.39, 0.29) is 0 Å². The van der Waals surface area contributed by atoms with Gasteiger partial charge >= 0.3 is 8.56 Å².